The second-order valence-electron chi connectivity index (χ2n) is 4.56. The fraction of sp³-hybridized carbons (Fsp3) is 0.462. The van der Waals surface area contributed by atoms with Crippen LogP contribution in [0.1, 0.15) is 12.0 Å². The summed E-state index contributed by atoms with van der Waals surface area (Å²) in [4.78, 5) is 5.27. The lowest BCUT2D eigenvalue weighted by Crippen LogP contribution is -2.28. The molecule has 1 fully saturated rings. The maximum Gasteiger partial charge on any atom is 0.103 e. The maximum absolute atomic E-state index is 5.60. The first-order valence-corrected chi connectivity index (χ1v) is 6.41. The van der Waals surface area contributed by atoms with Crippen molar-refractivity contribution in [1.29, 1.82) is 0 Å². The van der Waals surface area contributed by atoms with Crippen molar-refractivity contribution in [2.75, 3.05) is 38.1 Å². The molecule has 4 heteroatoms. The lowest BCUT2D eigenvalue weighted by molar-refractivity contribution is 0.360. The first kappa shape index (κ1) is 12.3. The van der Waals surface area contributed by atoms with Gasteiger partial charge in [0.2, 0.25) is 0 Å². The molecule has 0 aromatic heterocycles. The van der Waals surface area contributed by atoms with E-state index in [1.54, 1.807) is 0 Å². The molecule has 3 nitrogen and oxygen atoms in total. The van der Waals surface area contributed by atoms with Gasteiger partial charge in [-0.1, -0.05) is 12.2 Å². The summed E-state index contributed by atoms with van der Waals surface area (Å²) in [7, 11) is 2.18. The van der Waals surface area contributed by atoms with Gasteiger partial charge >= 0.3 is 0 Å². The van der Waals surface area contributed by atoms with Crippen molar-refractivity contribution in [3.8, 4) is 0 Å². The van der Waals surface area contributed by atoms with Gasteiger partial charge < -0.3 is 15.5 Å². The van der Waals surface area contributed by atoms with Crippen LogP contribution in [-0.2, 0) is 0 Å². The van der Waals surface area contributed by atoms with Crippen molar-refractivity contribution < 1.29 is 0 Å². The number of thiocarbonyl (C=S) groups is 1. The molecule has 0 unspecified atom stereocenters. The highest BCUT2D eigenvalue weighted by Gasteiger charge is 2.12. The predicted octanol–water partition coefficient (Wildman–Crippen LogP) is 1.46. The van der Waals surface area contributed by atoms with E-state index in [9.17, 15) is 0 Å². The SMILES string of the molecule is CN1CCCN(c2ccc(C(N)=S)cc2)CC1. The normalized spacial score (nSPS) is 17.8. The molecule has 0 radical (unpaired) electrons. The Balaban J connectivity index is 2.08. The van der Waals surface area contributed by atoms with Gasteiger partial charge in [0.15, 0.2) is 0 Å². The zero-order valence-corrected chi connectivity index (χ0v) is 11.0. The summed E-state index contributed by atoms with van der Waals surface area (Å²) in [6, 6.07) is 8.23. The topological polar surface area (TPSA) is 32.5 Å². The minimum atomic E-state index is 0.465. The van der Waals surface area contributed by atoms with Crippen LogP contribution >= 0.6 is 12.2 Å². The molecule has 0 bridgehead atoms. The molecule has 2 N–H and O–H groups in total. The second kappa shape index (κ2) is 5.47. The molecule has 0 amide bonds. The van der Waals surface area contributed by atoms with E-state index in [1.807, 2.05) is 12.1 Å². The molecule has 2 rings (SSSR count). The van der Waals surface area contributed by atoms with Crippen molar-refractivity contribution >= 4 is 22.9 Å². The number of likely N-dealkylation sites (N-methyl/N-ethyl adjacent to an activating group) is 1. The molecule has 0 atom stereocenters. The number of rotatable bonds is 2. The molecular weight excluding hydrogens is 230 g/mol. The highest BCUT2D eigenvalue weighted by molar-refractivity contribution is 7.80. The summed E-state index contributed by atoms with van der Waals surface area (Å²) < 4.78 is 0. The minimum Gasteiger partial charge on any atom is -0.389 e. The maximum atomic E-state index is 5.60. The van der Waals surface area contributed by atoms with Crippen LogP contribution in [0.25, 0.3) is 0 Å². The number of nitrogens with zero attached hydrogens (tertiary/aromatic N) is 2. The zero-order valence-electron chi connectivity index (χ0n) is 10.2. The Labute approximate surface area is 108 Å². The third-order valence-electron chi connectivity index (χ3n) is 3.24. The molecule has 0 aliphatic carbocycles. The van der Waals surface area contributed by atoms with E-state index in [0.717, 1.165) is 25.2 Å². The van der Waals surface area contributed by atoms with Crippen molar-refractivity contribution in [2.24, 2.45) is 5.73 Å². The Morgan fingerprint density at radius 1 is 1.12 bits per heavy atom. The van der Waals surface area contributed by atoms with Crippen molar-refractivity contribution in [2.45, 2.75) is 6.42 Å². The van der Waals surface area contributed by atoms with Gasteiger partial charge in [-0.15, -0.1) is 0 Å². The van der Waals surface area contributed by atoms with Crippen LogP contribution in [0.3, 0.4) is 0 Å². The van der Waals surface area contributed by atoms with Gasteiger partial charge in [-0.25, -0.2) is 0 Å². The summed E-state index contributed by atoms with van der Waals surface area (Å²) in [5.74, 6) is 0. The summed E-state index contributed by atoms with van der Waals surface area (Å²) in [6.07, 6.45) is 1.22. The Bertz CT molecular complexity index is 388. The fourth-order valence-corrected chi connectivity index (χ4v) is 2.28. The van der Waals surface area contributed by atoms with Gasteiger partial charge in [-0.3, -0.25) is 0 Å². The van der Waals surface area contributed by atoms with Gasteiger partial charge in [-0.05, 0) is 44.3 Å². The average Bonchev–Trinajstić information content (AvgIpc) is 2.54. The van der Waals surface area contributed by atoms with E-state index in [0.29, 0.717) is 4.99 Å². The molecule has 1 heterocycles. The van der Waals surface area contributed by atoms with E-state index < -0.39 is 0 Å². The van der Waals surface area contributed by atoms with Crippen LogP contribution in [0.5, 0.6) is 0 Å². The first-order valence-electron chi connectivity index (χ1n) is 6.00. The van der Waals surface area contributed by atoms with Gasteiger partial charge in [0, 0.05) is 30.9 Å². The average molecular weight is 249 g/mol. The Morgan fingerprint density at radius 2 is 1.82 bits per heavy atom. The lowest BCUT2D eigenvalue weighted by atomic mass is 10.2. The highest BCUT2D eigenvalue weighted by atomic mass is 32.1. The van der Waals surface area contributed by atoms with Crippen LogP contribution in [0.15, 0.2) is 24.3 Å². The van der Waals surface area contributed by atoms with Crippen molar-refractivity contribution in [3.63, 3.8) is 0 Å². The van der Waals surface area contributed by atoms with Gasteiger partial charge in [0.05, 0.1) is 0 Å². The largest absolute Gasteiger partial charge is 0.389 e. The Hall–Kier alpha value is -1.13. The quantitative estimate of drug-likeness (QED) is 0.804. The smallest absolute Gasteiger partial charge is 0.103 e. The summed E-state index contributed by atoms with van der Waals surface area (Å²) in [5.41, 5.74) is 7.80. The molecule has 92 valence electrons. The number of hydrogen-bond donors (Lipinski definition) is 1. The Morgan fingerprint density at radius 3 is 2.47 bits per heavy atom. The third-order valence-corrected chi connectivity index (χ3v) is 3.47. The number of nitrogens with two attached hydrogens (primary N) is 1. The zero-order chi connectivity index (χ0) is 12.3. The molecule has 0 saturated carbocycles. The summed E-state index contributed by atoms with van der Waals surface area (Å²) in [6.45, 7) is 4.51. The molecule has 0 spiro atoms. The van der Waals surface area contributed by atoms with Crippen LogP contribution in [0, 0.1) is 0 Å². The monoisotopic (exact) mass is 249 g/mol. The van der Waals surface area contributed by atoms with E-state index in [1.165, 1.54) is 18.7 Å². The van der Waals surface area contributed by atoms with Gasteiger partial charge in [0.1, 0.15) is 4.99 Å². The van der Waals surface area contributed by atoms with Crippen LogP contribution in [0.4, 0.5) is 5.69 Å². The molecule has 1 aliphatic heterocycles. The second-order valence-corrected chi connectivity index (χ2v) is 4.99. The van der Waals surface area contributed by atoms with E-state index in [4.69, 9.17) is 18.0 Å². The Kier molecular flexibility index (Phi) is 3.97. The van der Waals surface area contributed by atoms with Crippen molar-refractivity contribution in [3.05, 3.63) is 29.8 Å². The number of hydrogen-bond acceptors (Lipinski definition) is 3. The van der Waals surface area contributed by atoms with Gasteiger partial charge in [-0.2, -0.15) is 0 Å². The van der Waals surface area contributed by atoms with E-state index in [-0.39, 0.29) is 0 Å². The molecule has 1 aliphatic rings. The number of benzene rings is 1. The van der Waals surface area contributed by atoms with Crippen LogP contribution < -0.4 is 10.6 Å². The fourth-order valence-electron chi connectivity index (χ4n) is 2.14. The molecular formula is C13H19N3S. The van der Waals surface area contributed by atoms with Crippen LogP contribution in [0.2, 0.25) is 0 Å². The van der Waals surface area contributed by atoms with Crippen LogP contribution in [-0.4, -0.2) is 43.1 Å². The molecule has 1 aromatic carbocycles. The number of anilines is 1. The summed E-state index contributed by atoms with van der Waals surface area (Å²) in [5, 5.41) is 0. The molecule has 17 heavy (non-hydrogen) atoms. The lowest BCUT2D eigenvalue weighted by Gasteiger charge is -2.22. The minimum absolute atomic E-state index is 0.465. The highest BCUT2D eigenvalue weighted by Crippen LogP contribution is 2.17. The van der Waals surface area contributed by atoms with Gasteiger partial charge in [0.25, 0.3) is 0 Å². The van der Waals surface area contributed by atoms with E-state index in [2.05, 4.69) is 29.0 Å². The standard InChI is InChI=1S/C13H19N3S/c1-15-7-2-8-16(10-9-15)12-5-3-11(4-6-12)13(14)17/h3-6H,2,7-10H2,1H3,(H2,14,17). The third kappa shape index (κ3) is 3.17. The molecule has 1 saturated heterocycles. The summed E-state index contributed by atoms with van der Waals surface area (Å²) >= 11 is 4.96. The first-order chi connectivity index (χ1) is 8.16. The van der Waals surface area contributed by atoms with E-state index >= 15 is 0 Å². The van der Waals surface area contributed by atoms with Crippen molar-refractivity contribution in [1.82, 2.24) is 4.90 Å². The predicted molar refractivity (Wildman–Crippen MR) is 76.7 cm³/mol. The molecule has 1 aromatic rings.